The van der Waals surface area contributed by atoms with Gasteiger partial charge in [0, 0.05) is 6.04 Å². The summed E-state index contributed by atoms with van der Waals surface area (Å²) in [5.41, 5.74) is 7.41. The standard InChI is InChI=1S/C13H21N/c1-2-3-9-13(14)11-10-12-7-5-4-6-8-12/h4-8,13H,2-3,9-11,14H2,1H3/t13-/m1/s1. The Kier molecular flexibility index (Phi) is 5.31. The van der Waals surface area contributed by atoms with E-state index in [0.29, 0.717) is 6.04 Å². The fraction of sp³-hybridized carbons (Fsp3) is 0.538. The molecule has 78 valence electrons. The summed E-state index contributed by atoms with van der Waals surface area (Å²) in [6.45, 7) is 2.21. The van der Waals surface area contributed by atoms with Crippen LogP contribution in [0.3, 0.4) is 0 Å². The second-order valence-corrected chi connectivity index (χ2v) is 3.93. The van der Waals surface area contributed by atoms with Gasteiger partial charge in [0.1, 0.15) is 0 Å². The third-order valence-corrected chi connectivity index (χ3v) is 2.58. The molecule has 1 aromatic carbocycles. The van der Waals surface area contributed by atoms with E-state index in [1.54, 1.807) is 0 Å². The molecule has 0 saturated heterocycles. The number of benzene rings is 1. The van der Waals surface area contributed by atoms with Crippen LogP contribution in [0.25, 0.3) is 0 Å². The van der Waals surface area contributed by atoms with Crippen LogP contribution >= 0.6 is 0 Å². The highest BCUT2D eigenvalue weighted by Crippen LogP contribution is 2.07. The third-order valence-electron chi connectivity index (χ3n) is 2.58. The van der Waals surface area contributed by atoms with Crippen LogP contribution in [-0.2, 0) is 6.42 Å². The number of unbranched alkanes of at least 4 members (excludes halogenated alkanes) is 1. The van der Waals surface area contributed by atoms with Crippen molar-refractivity contribution in [3.05, 3.63) is 35.9 Å². The number of aryl methyl sites for hydroxylation is 1. The fourth-order valence-electron chi connectivity index (χ4n) is 1.61. The van der Waals surface area contributed by atoms with Crippen molar-refractivity contribution in [3.63, 3.8) is 0 Å². The fourth-order valence-corrected chi connectivity index (χ4v) is 1.61. The minimum Gasteiger partial charge on any atom is -0.328 e. The van der Waals surface area contributed by atoms with Crippen molar-refractivity contribution in [3.8, 4) is 0 Å². The summed E-state index contributed by atoms with van der Waals surface area (Å²) in [7, 11) is 0. The molecule has 0 bridgehead atoms. The topological polar surface area (TPSA) is 26.0 Å². The van der Waals surface area contributed by atoms with Gasteiger partial charge >= 0.3 is 0 Å². The molecule has 0 heterocycles. The van der Waals surface area contributed by atoms with Gasteiger partial charge in [-0.3, -0.25) is 0 Å². The van der Waals surface area contributed by atoms with Gasteiger partial charge in [-0.05, 0) is 24.8 Å². The molecule has 1 aromatic rings. The molecule has 0 aliphatic heterocycles. The first kappa shape index (κ1) is 11.3. The third kappa shape index (κ3) is 4.43. The molecule has 0 radical (unpaired) electrons. The summed E-state index contributed by atoms with van der Waals surface area (Å²) >= 11 is 0. The van der Waals surface area contributed by atoms with Gasteiger partial charge in [0.15, 0.2) is 0 Å². The lowest BCUT2D eigenvalue weighted by Gasteiger charge is -2.10. The van der Waals surface area contributed by atoms with Crippen molar-refractivity contribution in [2.45, 2.75) is 45.1 Å². The molecule has 2 N–H and O–H groups in total. The number of hydrogen-bond acceptors (Lipinski definition) is 1. The molecule has 0 aliphatic carbocycles. The second kappa shape index (κ2) is 6.61. The van der Waals surface area contributed by atoms with E-state index in [1.165, 1.54) is 24.8 Å². The Morgan fingerprint density at radius 1 is 1.14 bits per heavy atom. The van der Waals surface area contributed by atoms with E-state index in [2.05, 4.69) is 37.3 Å². The van der Waals surface area contributed by atoms with Crippen LogP contribution < -0.4 is 5.73 Å². The molecule has 1 heteroatoms. The van der Waals surface area contributed by atoms with Gasteiger partial charge in [-0.2, -0.15) is 0 Å². The lowest BCUT2D eigenvalue weighted by Crippen LogP contribution is -2.20. The molecule has 1 nitrogen and oxygen atoms in total. The summed E-state index contributed by atoms with van der Waals surface area (Å²) in [4.78, 5) is 0. The Balaban J connectivity index is 2.20. The summed E-state index contributed by atoms with van der Waals surface area (Å²) in [5.74, 6) is 0. The van der Waals surface area contributed by atoms with Gasteiger partial charge in [0.25, 0.3) is 0 Å². The van der Waals surface area contributed by atoms with Crippen LogP contribution in [0.4, 0.5) is 0 Å². The Bertz CT molecular complexity index is 230. The molecule has 0 aromatic heterocycles. The van der Waals surface area contributed by atoms with E-state index in [4.69, 9.17) is 5.73 Å². The van der Waals surface area contributed by atoms with E-state index in [-0.39, 0.29) is 0 Å². The maximum Gasteiger partial charge on any atom is 0.00419 e. The maximum atomic E-state index is 6.01. The van der Waals surface area contributed by atoms with Gasteiger partial charge in [0.05, 0.1) is 0 Å². The zero-order chi connectivity index (χ0) is 10.2. The van der Waals surface area contributed by atoms with Crippen molar-refractivity contribution in [2.75, 3.05) is 0 Å². The SMILES string of the molecule is CCCC[C@@H](N)CCc1ccccc1. The Morgan fingerprint density at radius 2 is 1.86 bits per heavy atom. The van der Waals surface area contributed by atoms with Crippen molar-refractivity contribution in [1.29, 1.82) is 0 Å². The van der Waals surface area contributed by atoms with Gasteiger partial charge in [-0.1, -0.05) is 50.1 Å². The average molecular weight is 191 g/mol. The molecule has 0 saturated carbocycles. The van der Waals surface area contributed by atoms with E-state index in [9.17, 15) is 0 Å². The van der Waals surface area contributed by atoms with E-state index < -0.39 is 0 Å². The molecule has 0 unspecified atom stereocenters. The molecule has 0 spiro atoms. The van der Waals surface area contributed by atoms with Gasteiger partial charge in [-0.15, -0.1) is 0 Å². The summed E-state index contributed by atoms with van der Waals surface area (Å²) in [6.07, 6.45) is 5.91. The highest BCUT2D eigenvalue weighted by atomic mass is 14.6. The molecular formula is C13H21N. The van der Waals surface area contributed by atoms with Crippen molar-refractivity contribution in [2.24, 2.45) is 5.73 Å². The molecular weight excluding hydrogens is 170 g/mol. The van der Waals surface area contributed by atoms with Crippen LogP contribution in [0.5, 0.6) is 0 Å². The minimum atomic E-state index is 0.384. The first-order chi connectivity index (χ1) is 6.83. The average Bonchev–Trinajstić information content (AvgIpc) is 2.25. The number of hydrogen-bond donors (Lipinski definition) is 1. The smallest absolute Gasteiger partial charge is 0.00419 e. The summed E-state index contributed by atoms with van der Waals surface area (Å²) < 4.78 is 0. The first-order valence-electron chi connectivity index (χ1n) is 5.62. The number of nitrogens with two attached hydrogens (primary N) is 1. The zero-order valence-electron chi connectivity index (χ0n) is 9.08. The lowest BCUT2D eigenvalue weighted by molar-refractivity contribution is 0.541. The van der Waals surface area contributed by atoms with E-state index in [1.807, 2.05) is 0 Å². The van der Waals surface area contributed by atoms with Crippen LogP contribution in [0.15, 0.2) is 30.3 Å². The van der Waals surface area contributed by atoms with Gasteiger partial charge in [0.2, 0.25) is 0 Å². The van der Waals surface area contributed by atoms with E-state index in [0.717, 1.165) is 12.8 Å². The number of rotatable bonds is 6. The summed E-state index contributed by atoms with van der Waals surface area (Å²) in [6, 6.07) is 11.0. The quantitative estimate of drug-likeness (QED) is 0.734. The monoisotopic (exact) mass is 191 g/mol. The van der Waals surface area contributed by atoms with Crippen LogP contribution in [0.1, 0.15) is 38.2 Å². The van der Waals surface area contributed by atoms with Crippen LogP contribution in [0, 0.1) is 0 Å². The van der Waals surface area contributed by atoms with Crippen LogP contribution in [0.2, 0.25) is 0 Å². The van der Waals surface area contributed by atoms with Crippen LogP contribution in [-0.4, -0.2) is 6.04 Å². The Labute approximate surface area is 87.3 Å². The highest BCUT2D eigenvalue weighted by Gasteiger charge is 2.01. The second-order valence-electron chi connectivity index (χ2n) is 3.93. The molecule has 1 atom stereocenters. The Hall–Kier alpha value is -0.820. The van der Waals surface area contributed by atoms with Gasteiger partial charge in [-0.25, -0.2) is 0 Å². The predicted molar refractivity (Wildman–Crippen MR) is 62.3 cm³/mol. The largest absolute Gasteiger partial charge is 0.328 e. The lowest BCUT2D eigenvalue weighted by atomic mass is 10.0. The van der Waals surface area contributed by atoms with E-state index >= 15 is 0 Å². The maximum absolute atomic E-state index is 6.01. The van der Waals surface area contributed by atoms with Crippen molar-refractivity contribution < 1.29 is 0 Å². The Morgan fingerprint density at radius 3 is 2.50 bits per heavy atom. The van der Waals surface area contributed by atoms with Crippen molar-refractivity contribution in [1.82, 2.24) is 0 Å². The minimum absolute atomic E-state index is 0.384. The molecule has 14 heavy (non-hydrogen) atoms. The zero-order valence-corrected chi connectivity index (χ0v) is 9.08. The highest BCUT2D eigenvalue weighted by molar-refractivity contribution is 5.14. The van der Waals surface area contributed by atoms with Gasteiger partial charge < -0.3 is 5.73 Å². The normalized spacial score (nSPS) is 12.7. The first-order valence-corrected chi connectivity index (χ1v) is 5.62. The molecule has 0 aliphatic rings. The summed E-state index contributed by atoms with van der Waals surface area (Å²) in [5, 5.41) is 0. The van der Waals surface area contributed by atoms with Crippen molar-refractivity contribution >= 4 is 0 Å². The molecule has 0 fully saturated rings. The molecule has 1 rings (SSSR count). The molecule has 0 amide bonds. The predicted octanol–water partition coefficient (Wildman–Crippen LogP) is 3.14.